The van der Waals surface area contributed by atoms with E-state index in [4.69, 9.17) is 0 Å². The third-order valence-electron chi connectivity index (χ3n) is 2.47. The van der Waals surface area contributed by atoms with Gasteiger partial charge >= 0.3 is 6.18 Å². The van der Waals surface area contributed by atoms with E-state index < -0.39 is 17.8 Å². The Morgan fingerprint density at radius 3 is 2.50 bits per heavy atom. The number of benzene rings is 1. The lowest BCUT2D eigenvalue weighted by Gasteiger charge is -2.00. The first kappa shape index (κ1) is 12.7. The van der Waals surface area contributed by atoms with Crippen molar-refractivity contribution in [2.24, 2.45) is 0 Å². The summed E-state index contributed by atoms with van der Waals surface area (Å²) in [4.78, 5) is 12.0. The molecule has 102 valence electrons. The number of hydrogen-bond donors (Lipinski definition) is 0. The molecule has 2 heterocycles. The summed E-state index contributed by atoms with van der Waals surface area (Å²) in [5.74, 6) is -1.69. The Labute approximate surface area is 113 Å². The zero-order valence-corrected chi connectivity index (χ0v) is 10.4. The fraction of sp³-hybridized carbons (Fsp3) is 0.0909. The van der Waals surface area contributed by atoms with Crippen LogP contribution < -0.4 is 0 Å². The van der Waals surface area contributed by atoms with Gasteiger partial charge in [-0.2, -0.15) is 17.7 Å². The molecule has 0 N–H and O–H groups in total. The number of nitrogens with zero attached hydrogens (tertiary/aromatic N) is 4. The number of hydrogen-bond acceptors (Lipinski definition) is 5. The summed E-state index contributed by atoms with van der Waals surface area (Å²) < 4.78 is 38.5. The zero-order valence-electron chi connectivity index (χ0n) is 9.63. The number of alkyl halides is 3. The Bertz CT molecular complexity index is 778. The van der Waals surface area contributed by atoms with Crippen molar-refractivity contribution >= 4 is 22.1 Å². The molecule has 0 saturated carbocycles. The maximum absolute atomic E-state index is 12.6. The van der Waals surface area contributed by atoms with Gasteiger partial charge in [-0.3, -0.25) is 4.79 Å². The van der Waals surface area contributed by atoms with Crippen LogP contribution in [0.5, 0.6) is 0 Å². The van der Waals surface area contributed by atoms with Crippen LogP contribution in [0.4, 0.5) is 13.2 Å². The summed E-state index contributed by atoms with van der Waals surface area (Å²) in [5, 5.41) is 10.00. The number of halogens is 3. The fourth-order valence-electron chi connectivity index (χ4n) is 1.60. The Morgan fingerprint density at radius 1 is 1.15 bits per heavy atom. The van der Waals surface area contributed by atoms with Crippen LogP contribution in [0.3, 0.4) is 0 Å². The van der Waals surface area contributed by atoms with Crippen molar-refractivity contribution in [1.82, 2.24) is 19.8 Å². The molecule has 0 unspecified atom stereocenters. The highest BCUT2D eigenvalue weighted by atomic mass is 32.1. The minimum absolute atomic E-state index is 0.0633. The van der Waals surface area contributed by atoms with E-state index in [9.17, 15) is 18.0 Å². The maximum atomic E-state index is 12.6. The van der Waals surface area contributed by atoms with Gasteiger partial charge in [-0.25, -0.2) is 0 Å². The largest absolute Gasteiger partial charge is 0.453 e. The molecular weight excluding hydrogens is 293 g/mol. The normalized spacial score (nSPS) is 11.9. The van der Waals surface area contributed by atoms with Gasteiger partial charge in [0.05, 0.1) is 0 Å². The van der Waals surface area contributed by atoms with Crippen molar-refractivity contribution in [3.63, 3.8) is 0 Å². The van der Waals surface area contributed by atoms with E-state index in [0.717, 1.165) is 11.3 Å². The van der Waals surface area contributed by atoms with Gasteiger partial charge in [0.15, 0.2) is 5.01 Å². The smallest absolute Gasteiger partial charge is 0.286 e. The molecule has 20 heavy (non-hydrogen) atoms. The Hall–Kier alpha value is -2.29. The Balaban J connectivity index is 2.06. The van der Waals surface area contributed by atoms with Crippen molar-refractivity contribution < 1.29 is 18.0 Å². The summed E-state index contributed by atoms with van der Waals surface area (Å²) in [6, 6.07) is 8.19. The third kappa shape index (κ3) is 2.05. The molecule has 0 fully saturated rings. The molecule has 2 aromatic heterocycles. The van der Waals surface area contributed by atoms with E-state index in [2.05, 4.69) is 15.3 Å². The molecule has 3 rings (SSSR count). The second-order valence-corrected chi connectivity index (χ2v) is 4.77. The molecule has 0 saturated heterocycles. The highest BCUT2D eigenvalue weighted by Crippen LogP contribution is 2.29. The Morgan fingerprint density at radius 2 is 1.85 bits per heavy atom. The quantitative estimate of drug-likeness (QED) is 0.682. The molecule has 0 atom stereocenters. The molecule has 0 bridgehead atoms. The van der Waals surface area contributed by atoms with Crippen LogP contribution in [-0.4, -0.2) is 25.6 Å². The minimum Gasteiger partial charge on any atom is -0.286 e. The van der Waals surface area contributed by atoms with Gasteiger partial charge in [0.25, 0.3) is 5.82 Å². The molecule has 0 aliphatic rings. The molecule has 0 aliphatic heterocycles. The summed E-state index contributed by atoms with van der Waals surface area (Å²) in [6.45, 7) is 0. The van der Waals surface area contributed by atoms with Crippen molar-refractivity contribution in [3.8, 4) is 0 Å². The fourth-order valence-corrected chi connectivity index (χ4v) is 2.40. The number of aromatic nitrogens is 4. The van der Waals surface area contributed by atoms with E-state index in [0.29, 0.717) is 10.1 Å². The van der Waals surface area contributed by atoms with Crippen LogP contribution in [-0.2, 0) is 6.18 Å². The van der Waals surface area contributed by atoms with E-state index >= 15 is 0 Å². The monoisotopic (exact) mass is 298 g/mol. The number of rotatable bonds is 2. The van der Waals surface area contributed by atoms with Gasteiger partial charge in [0.2, 0.25) is 10.7 Å². The lowest BCUT2D eigenvalue weighted by Crippen LogP contribution is -2.12. The first-order valence-electron chi connectivity index (χ1n) is 5.36. The SMILES string of the molecule is O=C(c1ccccc1)c1nn2c(C(F)(F)F)nnc2s1. The summed E-state index contributed by atoms with van der Waals surface area (Å²) in [7, 11) is 0. The van der Waals surface area contributed by atoms with Crippen LogP contribution in [0.1, 0.15) is 21.2 Å². The molecule has 0 amide bonds. The van der Waals surface area contributed by atoms with Gasteiger partial charge in [-0.1, -0.05) is 41.7 Å². The summed E-state index contributed by atoms with van der Waals surface area (Å²) >= 11 is 0.766. The van der Waals surface area contributed by atoms with Gasteiger partial charge in [0.1, 0.15) is 0 Å². The molecule has 5 nitrogen and oxygen atoms in total. The maximum Gasteiger partial charge on any atom is 0.453 e. The lowest BCUT2D eigenvalue weighted by atomic mass is 10.1. The summed E-state index contributed by atoms with van der Waals surface area (Å²) in [6.07, 6.45) is -4.67. The molecule has 1 aromatic carbocycles. The van der Waals surface area contributed by atoms with Crippen molar-refractivity contribution in [1.29, 1.82) is 0 Å². The number of carbonyl (C=O) groups excluding carboxylic acids is 1. The second kappa shape index (κ2) is 4.37. The number of ketones is 1. The molecule has 3 aromatic rings. The highest BCUT2D eigenvalue weighted by molar-refractivity contribution is 7.18. The standard InChI is InChI=1S/C11H5F3N4OS/c12-11(13,14)9-15-16-10-18(9)17-8(20-10)7(19)6-4-2-1-3-5-6/h1-5H. The van der Waals surface area contributed by atoms with E-state index in [1.807, 2.05) is 0 Å². The van der Waals surface area contributed by atoms with Crippen LogP contribution in [0.2, 0.25) is 0 Å². The van der Waals surface area contributed by atoms with Gasteiger partial charge < -0.3 is 0 Å². The molecular formula is C11H5F3N4OS. The van der Waals surface area contributed by atoms with Gasteiger partial charge in [0, 0.05) is 5.56 Å². The van der Waals surface area contributed by atoms with Gasteiger partial charge in [-0.05, 0) is 0 Å². The van der Waals surface area contributed by atoms with Crippen LogP contribution in [0, 0.1) is 0 Å². The van der Waals surface area contributed by atoms with E-state index in [1.54, 1.807) is 30.3 Å². The van der Waals surface area contributed by atoms with E-state index in [1.165, 1.54) is 0 Å². The second-order valence-electron chi connectivity index (χ2n) is 3.82. The van der Waals surface area contributed by atoms with Gasteiger partial charge in [-0.15, -0.1) is 15.3 Å². The molecule has 0 radical (unpaired) electrons. The number of carbonyl (C=O) groups is 1. The Kier molecular flexibility index (Phi) is 2.78. The first-order valence-corrected chi connectivity index (χ1v) is 6.17. The van der Waals surface area contributed by atoms with Crippen molar-refractivity contribution in [2.75, 3.05) is 0 Å². The van der Waals surface area contributed by atoms with Crippen molar-refractivity contribution in [2.45, 2.75) is 6.18 Å². The molecule has 0 aliphatic carbocycles. The predicted octanol–water partition coefficient (Wildman–Crippen LogP) is 2.44. The molecule has 9 heteroatoms. The van der Waals surface area contributed by atoms with Crippen LogP contribution >= 0.6 is 11.3 Å². The topological polar surface area (TPSA) is 60.2 Å². The lowest BCUT2D eigenvalue weighted by molar-refractivity contribution is -0.146. The van der Waals surface area contributed by atoms with Crippen molar-refractivity contribution in [3.05, 3.63) is 46.7 Å². The average molecular weight is 298 g/mol. The predicted molar refractivity (Wildman–Crippen MR) is 63.5 cm³/mol. The zero-order chi connectivity index (χ0) is 14.3. The molecule has 0 spiro atoms. The third-order valence-corrected chi connectivity index (χ3v) is 3.37. The highest BCUT2D eigenvalue weighted by Gasteiger charge is 2.38. The van der Waals surface area contributed by atoms with Crippen LogP contribution in [0.25, 0.3) is 4.96 Å². The number of fused-ring (bicyclic) bond motifs is 1. The summed E-state index contributed by atoms with van der Waals surface area (Å²) in [5.41, 5.74) is 0.353. The minimum atomic E-state index is -4.67. The average Bonchev–Trinajstić information content (AvgIpc) is 2.97. The van der Waals surface area contributed by atoms with Crippen LogP contribution in [0.15, 0.2) is 30.3 Å². The first-order chi connectivity index (χ1) is 9.47. The van der Waals surface area contributed by atoms with E-state index in [-0.39, 0.29) is 9.97 Å².